The SMILES string of the molecule is CC(C)=CCC/C(C)=C/CC/C(C)=C/CC/C(C)=C/CC/C(C)=C/CC/C(C)=C/CC/C(C)=C/CC/C(C)=C/CC/C(C)=C/COC(=O)CCl. The monoisotopic (exact) mass is 707 g/mol. The average Bonchev–Trinajstić information content (AvgIpc) is 3.04. The van der Waals surface area contributed by atoms with Crippen molar-refractivity contribution in [1.29, 1.82) is 0 Å². The number of carbonyl (C=O) groups is 1. The summed E-state index contributed by atoms with van der Waals surface area (Å²) in [7, 11) is 0. The minimum atomic E-state index is -0.371. The lowest BCUT2D eigenvalue weighted by Gasteiger charge is -2.04. The first-order chi connectivity index (χ1) is 23.8. The fourth-order valence-electron chi connectivity index (χ4n) is 5.54. The van der Waals surface area contributed by atoms with E-state index in [1.54, 1.807) is 0 Å². The Morgan fingerprint density at radius 1 is 0.380 bits per heavy atom. The first-order valence-electron chi connectivity index (χ1n) is 19.4. The van der Waals surface area contributed by atoms with Crippen LogP contribution in [0.3, 0.4) is 0 Å². The Bertz CT molecular complexity index is 1240. The quantitative estimate of drug-likeness (QED) is 0.0483. The van der Waals surface area contributed by atoms with Crippen LogP contribution in [0.2, 0.25) is 0 Å². The summed E-state index contributed by atoms with van der Waals surface area (Å²) in [6.07, 6.45) is 39.4. The Kier molecular flexibility index (Phi) is 29.6. The van der Waals surface area contributed by atoms with Crippen LogP contribution in [0.1, 0.15) is 172 Å². The fourth-order valence-corrected chi connectivity index (χ4v) is 5.62. The van der Waals surface area contributed by atoms with Crippen molar-refractivity contribution in [1.82, 2.24) is 0 Å². The van der Waals surface area contributed by atoms with E-state index in [0.717, 1.165) is 77.0 Å². The number of rotatable bonds is 27. The molecule has 0 aliphatic rings. The second-order valence-corrected chi connectivity index (χ2v) is 15.1. The van der Waals surface area contributed by atoms with Crippen molar-refractivity contribution in [2.75, 3.05) is 12.5 Å². The number of alkyl halides is 1. The normalized spacial score (nSPS) is 14.4. The Balaban J connectivity index is 4.23. The van der Waals surface area contributed by atoms with Gasteiger partial charge in [0.25, 0.3) is 0 Å². The number of halogens is 1. The summed E-state index contributed by atoms with van der Waals surface area (Å²) in [6.45, 7) is 22.7. The molecule has 0 unspecified atom stereocenters. The van der Waals surface area contributed by atoms with Gasteiger partial charge in [-0.05, 0) is 178 Å². The number of carbonyl (C=O) groups excluding carboxylic acids is 1. The molecule has 0 aromatic rings. The summed E-state index contributed by atoms with van der Waals surface area (Å²) in [5, 5.41) is 0. The Labute approximate surface area is 315 Å². The van der Waals surface area contributed by atoms with Crippen LogP contribution in [-0.2, 0) is 9.53 Å². The molecule has 0 aromatic heterocycles. The number of esters is 1. The molecule has 0 heterocycles. The van der Waals surface area contributed by atoms with Crippen LogP contribution in [0.25, 0.3) is 0 Å². The number of ether oxygens (including phenoxy) is 1. The van der Waals surface area contributed by atoms with Gasteiger partial charge in [-0.15, -0.1) is 11.6 Å². The number of hydrogen-bond donors (Lipinski definition) is 0. The molecule has 0 aromatic carbocycles. The second-order valence-electron chi connectivity index (χ2n) is 14.8. The molecule has 0 N–H and O–H groups in total. The lowest BCUT2D eigenvalue weighted by Crippen LogP contribution is -2.05. The molecule has 50 heavy (non-hydrogen) atoms. The molecule has 0 bridgehead atoms. The summed E-state index contributed by atoms with van der Waals surface area (Å²) in [5.41, 5.74) is 13.2. The van der Waals surface area contributed by atoms with Gasteiger partial charge in [-0.2, -0.15) is 0 Å². The van der Waals surface area contributed by atoms with E-state index in [2.05, 4.69) is 118 Å². The first-order valence-corrected chi connectivity index (χ1v) is 20.0. The maximum absolute atomic E-state index is 11.1. The molecule has 2 nitrogen and oxygen atoms in total. The smallest absolute Gasteiger partial charge is 0.321 e. The van der Waals surface area contributed by atoms with Crippen LogP contribution in [0.15, 0.2) is 105 Å². The van der Waals surface area contributed by atoms with Crippen molar-refractivity contribution in [3.05, 3.63) is 105 Å². The minimum absolute atomic E-state index is 0.0918. The first kappa shape index (κ1) is 47.4. The van der Waals surface area contributed by atoms with Crippen LogP contribution in [-0.4, -0.2) is 18.5 Å². The number of hydrogen-bond acceptors (Lipinski definition) is 2. The Hall–Kier alpha value is -2.58. The van der Waals surface area contributed by atoms with Gasteiger partial charge in [-0.25, -0.2) is 0 Å². The van der Waals surface area contributed by atoms with Gasteiger partial charge in [0.2, 0.25) is 0 Å². The standard InChI is InChI=1S/C47H75ClO2/c1-38(2)19-11-20-39(3)21-12-22-40(4)23-13-24-41(5)25-14-26-42(6)27-15-28-43(7)29-16-30-44(8)31-17-32-45(9)33-18-34-46(10)35-36-50-47(49)37-48/h19,21,23,25,27,29,31,33,35H,11-18,20,22,24,26,28,30,32,34,36-37H2,1-10H3/b39-21+,40-23+,41-25+,42-27+,43-29+,44-31+,45-33+,46-35+. The zero-order valence-electron chi connectivity index (χ0n) is 34.1. The average molecular weight is 708 g/mol. The van der Waals surface area contributed by atoms with Gasteiger partial charge in [-0.1, -0.05) is 98.8 Å². The van der Waals surface area contributed by atoms with E-state index in [9.17, 15) is 4.79 Å². The maximum atomic E-state index is 11.1. The molecule has 0 fully saturated rings. The Morgan fingerprint density at radius 2 is 0.600 bits per heavy atom. The van der Waals surface area contributed by atoms with Crippen LogP contribution in [0.4, 0.5) is 0 Å². The van der Waals surface area contributed by atoms with E-state index >= 15 is 0 Å². The van der Waals surface area contributed by atoms with Crippen molar-refractivity contribution in [2.45, 2.75) is 172 Å². The van der Waals surface area contributed by atoms with Gasteiger partial charge >= 0.3 is 5.97 Å². The zero-order chi connectivity index (χ0) is 37.6. The molecule has 0 amide bonds. The summed E-state index contributed by atoms with van der Waals surface area (Å²) in [4.78, 5) is 11.1. The third-order valence-electron chi connectivity index (χ3n) is 9.10. The molecule has 0 saturated heterocycles. The predicted octanol–water partition coefficient (Wildman–Crippen LogP) is 15.5. The summed E-state index contributed by atoms with van der Waals surface area (Å²) < 4.78 is 5.00. The maximum Gasteiger partial charge on any atom is 0.321 e. The van der Waals surface area contributed by atoms with Crippen LogP contribution in [0, 0.1) is 0 Å². The van der Waals surface area contributed by atoms with Gasteiger partial charge in [0.15, 0.2) is 0 Å². The van der Waals surface area contributed by atoms with Crippen LogP contribution < -0.4 is 0 Å². The highest BCUT2D eigenvalue weighted by molar-refractivity contribution is 6.26. The van der Waals surface area contributed by atoms with E-state index in [1.165, 1.54) is 75.8 Å². The lowest BCUT2D eigenvalue weighted by atomic mass is 10.0. The third-order valence-corrected chi connectivity index (χ3v) is 9.32. The van der Waals surface area contributed by atoms with Crippen molar-refractivity contribution in [3.8, 4) is 0 Å². The van der Waals surface area contributed by atoms with E-state index in [-0.39, 0.29) is 11.8 Å². The van der Waals surface area contributed by atoms with Gasteiger partial charge < -0.3 is 4.74 Å². The van der Waals surface area contributed by atoms with Crippen molar-refractivity contribution in [3.63, 3.8) is 0 Å². The fraction of sp³-hybridized carbons (Fsp3) is 0.596. The second kappa shape index (κ2) is 31.2. The molecule has 0 aliphatic heterocycles. The lowest BCUT2D eigenvalue weighted by molar-refractivity contribution is -0.139. The highest BCUT2D eigenvalue weighted by Gasteiger charge is 1.99. The van der Waals surface area contributed by atoms with Gasteiger partial charge in [-0.3, -0.25) is 4.79 Å². The summed E-state index contributed by atoms with van der Waals surface area (Å²) in [6, 6.07) is 0. The number of allylic oxidation sites excluding steroid dienone is 17. The van der Waals surface area contributed by atoms with Crippen molar-refractivity contribution < 1.29 is 9.53 Å². The highest BCUT2D eigenvalue weighted by atomic mass is 35.5. The Morgan fingerprint density at radius 3 is 0.820 bits per heavy atom. The van der Waals surface area contributed by atoms with E-state index in [1.807, 2.05) is 6.08 Å². The van der Waals surface area contributed by atoms with Gasteiger partial charge in [0.05, 0.1) is 0 Å². The molecule has 0 saturated carbocycles. The van der Waals surface area contributed by atoms with Gasteiger partial charge in [0.1, 0.15) is 12.5 Å². The van der Waals surface area contributed by atoms with Crippen molar-refractivity contribution in [2.24, 2.45) is 0 Å². The van der Waals surface area contributed by atoms with Crippen molar-refractivity contribution >= 4 is 17.6 Å². The molecule has 3 heteroatoms. The topological polar surface area (TPSA) is 26.3 Å². The van der Waals surface area contributed by atoms with E-state index < -0.39 is 0 Å². The molecule has 0 aliphatic carbocycles. The summed E-state index contributed by atoms with van der Waals surface area (Å²) >= 11 is 5.45. The molecule has 0 atom stereocenters. The predicted molar refractivity (Wildman–Crippen MR) is 225 cm³/mol. The van der Waals surface area contributed by atoms with Crippen LogP contribution in [0.5, 0.6) is 0 Å². The molecule has 0 rings (SSSR count). The molecule has 0 radical (unpaired) electrons. The molecular weight excluding hydrogens is 632 g/mol. The highest BCUT2D eigenvalue weighted by Crippen LogP contribution is 2.17. The van der Waals surface area contributed by atoms with Gasteiger partial charge in [0, 0.05) is 0 Å². The summed E-state index contributed by atoms with van der Waals surface area (Å²) in [5.74, 6) is -0.463. The zero-order valence-corrected chi connectivity index (χ0v) is 34.9. The molecular formula is C47H75ClO2. The van der Waals surface area contributed by atoms with E-state index in [0.29, 0.717) is 6.61 Å². The minimum Gasteiger partial charge on any atom is -0.461 e. The molecule has 0 spiro atoms. The molecule has 282 valence electrons. The third kappa shape index (κ3) is 31.4. The largest absolute Gasteiger partial charge is 0.461 e. The van der Waals surface area contributed by atoms with E-state index in [4.69, 9.17) is 16.3 Å². The van der Waals surface area contributed by atoms with Crippen LogP contribution >= 0.6 is 11.6 Å².